The number of Topliss-reactive ketones (excluding diaryl/α,β-unsaturated/α-hetero) is 1. The minimum atomic E-state index is -4.42. The number of nitrogens with zero attached hydrogens (tertiary/aromatic N) is 1. The molecule has 7 heteroatoms. The molecular weight excluding hydrogens is 301 g/mol. The molecule has 0 amide bonds. The van der Waals surface area contributed by atoms with E-state index in [0.29, 0.717) is 16.4 Å². The Morgan fingerprint density at radius 2 is 2.10 bits per heavy atom. The molecule has 1 aromatic carbocycles. The van der Waals surface area contributed by atoms with Gasteiger partial charge < -0.3 is 5.73 Å². The maximum absolute atomic E-state index is 13.0. The Morgan fingerprint density at radius 1 is 1.38 bits per heavy atom. The van der Waals surface area contributed by atoms with E-state index in [9.17, 15) is 18.0 Å². The number of carbonyl (C=O) groups is 1. The highest BCUT2D eigenvalue weighted by molar-refractivity contribution is 7.18. The Labute approximate surface area is 122 Å². The number of aromatic nitrogens is 1. The predicted octanol–water partition coefficient (Wildman–Crippen LogP) is 3.93. The quantitative estimate of drug-likeness (QED) is 0.868. The fraction of sp³-hybridized carbons (Fsp3) is 0.286. The minimum Gasteiger partial charge on any atom is -0.375 e. The number of aryl methyl sites for hydroxylation is 1. The molecule has 0 saturated heterocycles. The molecule has 3 rings (SSSR count). The molecule has 0 bridgehead atoms. The number of hydrogen-bond acceptors (Lipinski definition) is 4. The van der Waals surface area contributed by atoms with Crippen molar-refractivity contribution in [1.29, 1.82) is 0 Å². The molecule has 0 radical (unpaired) electrons. The minimum absolute atomic E-state index is 0.0522. The van der Waals surface area contributed by atoms with Gasteiger partial charge in [0.25, 0.3) is 0 Å². The van der Waals surface area contributed by atoms with Crippen LogP contribution in [0.5, 0.6) is 0 Å². The van der Waals surface area contributed by atoms with Crippen LogP contribution in [0.25, 0.3) is 10.4 Å². The van der Waals surface area contributed by atoms with E-state index < -0.39 is 24.3 Å². The molecule has 2 aromatic rings. The fourth-order valence-electron chi connectivity index (χ4n) is 2.63. The van der Waals surface area contributed by atoms with Crippen molar-refractivity contribution in [2.45, 2.75) is 25.4 Å². The molecule has 3 nitrogen and oxygen atoms in total. The Morgan fingerprint density at radius 3 is 2.67 bits per heavy atom. The number of anilines is 1. The van der Waals surface area contributed by atoms with Crippen molar-refractivity contribution in [1.82, 2.24) is 4.98 Å². The third kappa shape index (κ3) is 2.31. The first-order valence-electron chi connectivity index (χ1n) is 6.24. The lowest BCUT2D eigenvalue weighted by Gasteiger charge is -2.15. The van der Waals surface area contributed by atoms with Crippen LogP contribution in [0.4, 0.5) is 18.3 Å². The highest BCUT2D eigenvalue weighted by Gasteiger charge is 2.47. The number of nitrogen functional groups attached to an aromatic ring is 1. The zero-order valence-electron chi connectivity index (χ0n) is 11.0. The van der Waals surface area contributed by atoms with E-state index >= 15 is 0 Å². The summed E-state index contributed by atoms with van der Waals surface area (Å²) in [7, 11) is 0. The van der Waals surface area contributed by atoms with Gasteiger partial charge in [-0.15, -0.1) is 0 Å². The van der Waals surface area contributed by atoms with Gasteiger partial charge in [0.1, 0.15) is 0 Å². The molecule has 0 saturated carbocycles. The third-order valence-corrected chi connectivity index (χ3v) is 4.62. The molecule has 1 aromatic heterocycles. The van der Waals surface area contributed by atoms with E-state index in [1.54, 1.807) is 13.0 Å². The standard InChI is InChI=1S/C14H11F3N2OS/c1-6-12(21-13(18)19-6)7-2-3-8-9(4-7)10(5-11(8)20)14(15,16)17/h2-4,10H,5H2,1H3,(H2,18,19). The number of rotatable bonds is 1. The lowest BCUT2D eigenvalue weighted by atomic mass is 9.98. The number of carbonyl (C=O) groups excluding carboxylic acids is 1. The molecule has 1 atom stereocenters. The fourth-order valence-corrected chi connectivity index (χ4v) is 3.46. The van der Waals surface area contributed by atoms with E-state index in [-0.39, 0.29) is 11.1 Å². The summed E-state index contributed by atoms with van der Waals surface area (Å²) >= 11 is 1.22. The van der Waals surface area contributed by atoms with E-state index in [2.05, 4.69) is 4.98 Å². The van der Waals surface area contributed by atoms with Crippen LogP contribution in [0.15, 0.2) is 18.2 Å². The van der Waals surface area contributed by atoms with Gasteiger partial charge in [-0.25, -0.2) is 4.98 Å². The maximum Gasteiger partial charge on any atom is 0.396 e. The van der Waals surface area contributed by atoms with E-state index in [1.165, 1.54) is 23.5 Å². The monoisotopic (exact) mass is 312 g/mol. The second kappa shape index (κ2) is 4.56. The topological polar surface area (TPSA) is 56.0 Å². The van der Waals surface area contributed by atoms with E-state index in [4.69, 9.17) is 5.73 Å². The number of ketones is 1. The Bertz CT molecular complexity index is 736. The Balaban J connectivity index is 2.13. The van der Waals surface area contributed by atoms with Crippen LogP contribution in [0.2, 0.25) is 0 Å². The third-order valence-electron chi connectivity index (χ3n) is 3.59. The smallest absolute Gasteiger partial charge is 0.375 e. The number of benzene rings is 1. The predicted molar refractivity (Wildman–Crippen MR) is 74.4 cm³/mol. The largest absolute Gasteiger partial charge is 0.396 e. The van der Waals surface area contributed by atoms with Crippen LogP contribution in [0.1, 0.15) is 34.0 Å². The van der Waals surface area contributed by atoms with Crippen molar-refractivity contribution >= 4 is 22.3 Å². The van der Waals surface area contributed by atoms with E-state index in [0.717, 1.165) is 4.88 Å². The highest BCUT2D eigenvalue weighted by Crippen LogP contribution is 2.46. The summed E-state index contributed by atoms with van der Waals surface area (Å²) in [5.74, 6) is -2.18. The van der Waals surface area contributed by atoms with Crippen molar-refractivity contribution < 1.29 is 18.0 Å². The van der Waals surface area contributed by atoms with Gasteiger partial charge in [0.15, 0.2) is 10.9 Å². The van der Waals surface area contributed by atoms with Crippen molar-refractivity contribution in [2.75, 3.05) is 5.73 Å². The molecule has 110 valence electrons. The number of alkyl halides is 3. The first-order valence-corrected chi connectivity index (χ1v) is 7.06. The van der Waals surface area contributed by atoms with Crippen LogP contribution in [0, 0.1) is 6.92 Å². The second-order valence-electron chi connectivity index (χ2n) is 4.99. The van der Waals surface area contributed by atoms with Crippen molar-refractivity contribution in [3.8, 4) is 10.4 Å². The summed E-state index contributed by atoms with van der Waals surface area (Å²) in [6, 6.07) is 4.56. The molecule has 1 heterocycles. The molecule has 1 aliphatic carbocycles. The van der Waals surface area contributed by atoms with Crippen LogP contribution in [-0.2, 0) is 0 Å². The Hall–Kier alpha value is -1.89. The number of halogens is 3. The van der Waals surface area contributed by atoms with Crippen molar-refractivity contribution in [3.05, 3.63) is 35.0 Å². The summed E-state index contributed by atoms with van der Waals surface area (Å²) in [6.07, 6.45) is -4.92. The summed E-state index contributed by atoms with van der Waals surface area (Å²) in [5, 5.41) is 0.367. The summed E-state index contributed by atoms with van der Waals surface area (Å²) in [4.78, 5) is 16.5. The summed E-state index contributed by atoms with van der Waals surface area (Å²) in [6.45, 7) is 1.75. The molecular formula is C14H11F3N2OS. The van der Waals surface area contributed by atoms with Gasteiger partial charge in [-0.1, -0.05) is 23.5 Å². The molecule has 0 fully saturated rings. The molecule has 0 aliphatic heterocycles. The van der Waals surface area contributed by atoms with Gasteiger partial charge in [0.2, 0.25) is 0 Å². The average molecular weight is 312 g/mol. The average Bonchev–Trinajstić information content (AvgIpc) is 2.89. The normalized spacial score (nSPS) is 18.1. The van der Waals surface area contributed by atoms with Crippen LogP contribution < -0.4 is 5.73 Å². The van der Waals surface area contributed by atoms with Gasteiger partial charge in [0.05, 0.1) is 16.5 Å². The number of hydrogen-bond donors (Lipinski definition) is 1. The first-order chi connectivity index (χ1) is 9.77. The van der Waals surface area contributed by atoms with Crippen LogP contribution >= 0.6 is 11.3 Å². The molecule has 2 N–H and O–H groups in total. The van der Waals surface area contributed by atoms with Gasteiger partial charge in [-0.3, -0.25) is 4.79 Å². The van der Waals surface area contributed by atoms with Gasteiger partial charge in [-0.05, 0) is 24.1 Å². The zero-order valence-corrected chi connectivity index (χ0v) is 11.8. The lowest BCUT2D eigenvalue weighted by Crippen LogP contribution is -2.18. The van der Waals surface area contributed by atoms with Crippen molar-refractivity contribution in [3.63, 3.8) is 0 Å². The van der Waals surface area contributed by atoms with Gasteiger partial charge in [-0.2, -0.15) is 13.2 Å². The Kier molecular flexibility index (Phi) is 3.05. The summed E-state index contributed by atoms with van der Waals surface area (Å²) in [5.41, 5.74) is 7.12. The molecule has 21 heavy (non-hydrogen) atoms. The van der Waals surface area contributed by atoms with Crippen LogP contribution in [-0.4, -0.2) is 16.9 Å². The molecule has 1 aliphatic rings. The van der Waals surface area contributed by atoms with Gasteiger partial charge >= 0.3 is 6.18 Å². The number of thiazole rings is 1. The SMILES string of the molecule is Cc1nc(N)sc1-c1ccc2c(c1)C(C(F)(F)F)CC2=O. The zero-order chi connectivity index (χ0) is 15.4. The molecule has 1 unspecified atom stereocenters. The highest BCUT2D eigenvalue weighted by atomic mass is 32.1. The maximum atomic E-state index is 13.0. The first kappa shape index (κ1) is 14.1. The second-order valence-corrected chi connectivity index (χ2v) is 6.02. The van der Waals surface area contributed by atoms with Crippen LogP contribution in [0.3, 0.4) is 0 Å². The van der Waals surface area contributed by atoms with Gasteiger partial charge in [0, 0.05) is 12.0 Å². The number of nitrogens with two attached hydrogens (primary N) is 1. The lowest BCUT2D eigenvalue weighted by molar-refractivity contribution is -0.148. The summed E-state index contributed by atoms with van der Waals surface area (Å²) < 4.78 is 39.1. The molecule has 0 spiro atoms. The number of fused-ring (bicyclic) bond motifs is 1. The van der Waals surface area contributed by atoms with Crippen molar-refractivity contribution in [2.24, 2.45) is 0 Å². The van der Waals surface area contributed by atoms with E-state index in [1.807, 2.05) is 0 Å².